The van der Waals surface area contributed by atoms with Gasteiger partial charge in [0.15, 0.2) is 5.82 Å². The molecular weight excluding hydrogens is 235 g/mol. The Kier molecular flexibility index (Phi) is 5.59. The van der Waals surface area contributed by atoms with Gasteiger partial charge in [0.2, 0.25) is 0 Å². The van der Waals surface area contributed by atoms with Gasteiger partial charge in [-0.15, -0.1) is 24.8 Å². The fourth-order valence-corrected chi connectivity index (χ4v) is 1.01. The van der Waals surface area contributed by atoms with E-state index in [9.17, 15) is 0 Å². The van der Waals surface area contributed by atoms with Crippen LogP contribution in [0.1, 0.15) is 0 Å². The highest BCUT2D eigenvalue weighted by atomic mass is 35.5. The predicted octanol–water partition coefficient (Wildman–Crippen LogP) is 1.96. The Morgan fingerprint density at radius 2 is 1.60 bits per heavy atom. The van der Waals surface area contributed by atoms with E-state index >= 15 is 0 Å². The van der Waals surface area contributed by atoms with E-state index in [1.807, 2.05) is 12.1 Å². The molecule has 2 heterocycles. The first-order valence-electron chi connectivity index (χ1n) is 3.85. The van der Waals surface area contributed by atoms with Crippen molar-refractivity contribution in [3.63, 3.8) is 0 Å². The fourth-order valence-electron chi connectivity index (χ4n) is 1.01. The highest BCUT2D eigenvalue weighted by molar-refractivity contribution is 5.85. The van der Waals surface area contributed by atoms with Crippen LogP contribution in [0.25, 0.3) is 11.4 Å². The molecule has 2 aromatic rings. The van der Waals surface area contributed by atoms with Crippen LogP contribution in [0.15, 0.2) is 36.8 Å². The van der Waals surface area contributed by atoms with Crippen molar-refractivity contribution in [1.29, 1.82) is 0 Å². The number of nitrogens with zero attached hydrogens (tertiary/aromatic N) is 3. The van der Waals surface area contributed by atoms with Gasteiger partial charge in [-0.2, -0.15) is 0 Å². The molecule has 0 aliphatic rings. The smallest absolute Gasteiger partial charge is 0.161 e. The number of hydrogen-bond donors (Lipinski definition) is 1. The van der Waals surface area contributed by atoms with Crippen molar-refractivity contribution in [1.82, 2.24) is 15.0 Å². The number of halogens is 2. The topological polar surface area (TPSA) is 64.7 Å². The Morgan fingerprint density at radius 3 is 2.20 bits per heavy atom. The lowest BCUT2D eigenvalue weighted by Gasteiger charge is -1.98. The first-order valence-corrected chi connectivity index (χ1v) is 3.85. The Balaban J connectivity index is 0.000000980. The van der Waals surface area contributed by atoms with Gasteiger partial charge in [0.1, 0.15) is 5.82 Å². The molecule has 0 aliphatic heterocycles. The minimum Gasteiger partial charge on any atom is -0.384 e. The molecule has 0 amide bonds. The molecule has 0 atom stereocenters. The van der Waals surface area contributed by atoms with Crippen molar-refractivity contribution in [2.75, 3.05) is 5.73 Å². The Hall–Kier alpha value is -1.39. The maximum atomic E-state index is 5.53. The molecule has 0 spiro atoms. The van der Waals surface area contributed by atoms with Crippen LogP contribution in [0.5, 0.6) is 0 Å². The molecule has 2 aromatic heterocycles. The molecule has 0 unspecified atom stereocenters. The number of aromatic nitrogens is 3. The van der Waals surface area contributed by atoms with E-state index in [4.69, 9.17) is 5.73 Å². The molecule has 0 aromatic carbocycles. The van der Waals surface area contributed by atoms with Gasteiger partial charge in [-0.05, 0) is 18.2 Å². The molecule has 0 aliphatic carbocycles. The van der Waals surface area contributed by atoms with Gasteiger partial charge in [-0.25, -0.2) is 9.97 Å². The summed E-state index contributed by atoms with van der Waals surface area (Å²) >= 11 is 0. The van der Waals surface area contributed by atoms with Crippen LogP contribution >= 0.6 is 24.8 Å². The van der Waals surface area contributed by atoms with Crippen LogP contribution < -0.4 is 5.73 Å². The minimum absolute atomic E-state index is 0. The van der Waals surface area contributed by atoms with Crippen molar-refractivity contribution in [2.45, 2.75) is 0 Å². The van der Waals surface area contributed by atoms with E-state index in [1.54, 1.807) is 24.7 Å². The second-order valence-electron chi connectivity index (χ2n) is 2.54. The van der Waals surface area contributed by atoms with Crippen LogP contribution in [-0.2, 0) is 0 Å². The van der Waals surface area contributed by atoms with Gasteiger partial charge in [-0.3, -0.25) is 4.98 Å². The Morgan fingerprint density at radius 1 is 0.933 bits per heavy atom. The third-order valence-electron chi connectivity index (χ3n) is 1.62. The quantitative estimate of drug-likeness (QED) is 0.834. The molecule has 0 saturated carbocycles. The van der Waals surface area contributed by atoms with E-state index in [0.717, 1.165) is 5.56 Å². The number of pyridine rings is 1. The van der Waals surface area contributed by atoms with Gasteiger partial charge in [0, 0.05) is 24.2 Å². The van der Waals surface area contributed by atoms with Crippen LogP contribution in [-0.4, -0.2) is 15.0 Å². The number of rotatable bonds is 1. The summed E-state index contributed by atoms with van der Waals surface area (Å²) < 4.78 is 0. The molecule has 15 heavy (non-hydrogen) atoms. The van der Waals surface area contributed by atoms with Crippen LogP contribution in [0.3, 0.4) is 0 Å². The van der Waals surface area contributed by atoms with E-state index in [2.05, 4.69) is 15.0 Å². The van der Waals surface area contributed by atoms with Crippen molar-refractivity contribution >= 4 is 30.6 Å². The van der Waals surface area contributed by atoms with Crippen molar-refractivity contribution < 1.29 is 0 Å². The summed E-state index contributed by atoms with van der Waals surface area (Å²) in [5.41, 5.74) is 6.45. The molecule has 0 bridgehead atoms. The lowest BCUT2D eigenvalue weighted by molar-refractivity contribution is 1.18. The number of anilines is 1. The first-order chi connectivity index (χ1) is 6.36. The Labute approximate surface area is 99.8 Å². The van der Waals surface area contributed by atoms with E-state index in [1.165, 1.54) is 0 Å². The predicted molar refractivity (Wildman–Crippen MR) is 64.2 cm³/mol. The summed E-state index contributed by atoms with van der Waals surface area (Å²) in [5, 5.41) is 0. The molecule has 4 nitrogen and oxygen atoms in total. The molecule has 2 N–H and O–H groups in total. The van der Waals surface area contributed by atoms with Crippen LogP contribution in [0, 0.1) is 0 Å². The zero-order valence-corrected chi connectivity index (χ0v) is 9.33. The summed E-state index contributed by atoms with van der Waals surface area (Å²) in [6.07, 6.45) is 5.03. The van der Waals surface area contributed by atoms with E-state index in [0.29, 0.717) is 11.6 Å². The lowest BCUT2D eigenvalue weighted by Crippen LogP contribution is -1.94. The van der Waals surface area contributed by atoms with Crippen molar-refractivity contribution in [3.05, 3.63) is 36.8 Å². The standard InChI is InChI=1S/C9H8N4.2ClH/c10-8-3-6-12-9(13-8)7-1-4-11-5-2-7;;/h1-6H,(H2,10,12,13);2*1H. The normalized spacial score (nSPS) is 8.53. The third kappa shape index (κ3) is 3.34. The summed E-state index contributed by atoms with van der Waals surface area (Å²) in [6, 6.07) is 5.34. The van der Waals surface area contributed by atoms with Crippen molar-refractivity contribution in [2.24, 2.45) is 0 Å². The number of nitrogen functional groups attached to an aromatic ring is 1. The zero-order chi connectivity index (χ0) is 9.10. The maximum Gasteiger partial charge on any atom is 0.161 e. The van der Waals surface area contributed by atoms with Crippen molar-refractivity contribution in [3.8, 4) is 11.4 Å². The average Bonchev–Trinajstić information content (AvgIpc) is 2.19. The fraction of sp³-hybridized carbons (Fsp3) is 0. The highest BCUT2D eigenvalue weighted by Crippen LogP contribution is 2.12. The monoisotopic (exact) mass is 244 g/mol. The van der Waals surface area contributed by atoms with Gasteiger partial charge < -0.3 is 5.73 Å². The van der Waals surface area contributed by atoms with Crippen LogP contribution in [0.2, 0.25) is 0 Å². The molecule has 2 rings (SSSR count). The van der Waals surface area contributed by atoms with Gasteiger partial charge >= 0.3 is 0 Å². The number of nitrogens with two attached hydrogens (primary N) is 1. The first kappa shape index (κ1) is 13.6. The zero-order valence-electron chi connectivity index (χ0n) is 7.70. The summed E-state index contributed by atoms with van der Waals surface area (Å²) in [7, 11) is 0. The SMILES string of the molecule is Cl.Cl.Nc1ccnc(-c2ccncc2)n1. The van der Waals surface area contributed by atoms with Crippen LogP contribution in [0.4, 0.5) is 5.82 Å². The summed E-state index contributed by atoms with van der Waals surface area (Å²) in [5.74, 6) is 1.10. The second kappa shape index (κ2) is 6.16. The number of hydrogen-bond acceptors (Lipinski definition) is 4. The van der Waals surface area contributed by atoms with E-state index in [-0.39, 0.29) is 24.8 Å². The van der Waals surface area contributed by atoms with Gasteiger partial charge in [-0.1, -0.05) is 0 Å². The molecule has 0 fully saturated rings. The molecular formula is C9H10Cl2N4. The lowest BCUT2D eigenvalue weighted by atomic mass is 10.2. The molecule has 80 valence electrons. The summed E-state index contributed by atoms with van der Waals surface area (Å²) in [4.78, 5) is 12.1. The third-order valence-corrected chi connectivity index (χ3v) is 1.62. The van der Waals surface area contributed by atoms with Gasteiger partial charge in [0.25, 0.3) is 0 Å². The molecule has 0 radical (unpaired) electrons. The van der Waals surface area contributed by atoms with E-state index < -0.39 is 0 Å². The minimum atomic E-state index is 0. The second-order valence-corrected chi connectivity index (χ2v) is 2.54. The Bertz CT molecular complexity index is 408. The highest BCUT2D eigenvalue weighted by Gasteiger charge is 1.98. The summed E-state index contributed by atoms with van der Waals surface area (Å²) in [6.45, 7) is 0. The average molecular weight is 245 g/mol. The maximum absolute atomic E-state index is 5.53. The largest absolute Gasteiger partial charge is 0.384 e. The van der Waals surface area contributed by atoms with Gasteiger partial charge in [0.05, 0.1) is 0 Å². The molecule has 0 saturated heterocycles. The molecule has 6 heteroatoms.